The molecule has 0 saturated heterocycles. The lowest BCUT2D eigenvalue weighted by molar-refractivity contribution is 0.112. The van der Waals surface area contributed by atoms with Crippen LogP contribution in [0.25, 0.3) is 11.0 Å². The molecule has 0 bridgehead atoms. The summed E-state index contributed by atoms with van der Waals surface area (Å²) in [4.78, 5) is 15.9. The predicted molar refractivity (Wildman–Crippen MR) is 128 cm³/mol. The Morgan fingerprint density at radius 2 is 1.97 bits per heavy atom. The van der Waals surface area contributed by atoms with Crippen molar-refractivity contribution in [2.45, 2.75) is 40.7 Å². The molecule has 3 aromatic rings. The Bertz CT molecular complexity index is 1020. The number of aromatic nitrogens is 5. The topological polar surface area (TPSA) is 90.2 Å². The number of nitrogens with one attached hydrogen (secondary N) is 1. The van der Waals surface area contributed by atoms with Gasteiger partial charge in [-0.3, -0.25) is 4.68 Å². The molecule has 9 nitrogen and oxygen atoms in total. The lowest BCUT2D eigenvalue weighted by atomic mass is 10.2. The first-order valence-corrected chi connectivity index (χ1v) is 11.2. The predicted octanol–water partition coefficient (Wildman–Crippen LogP) is 3.59. The minimum atomic E-state index is 0.496. The first-order chi connectivity index (χ1) is 15.4. The Morgan fingerprint density at radius 3 is 2.66 bits per heavy atom. The van der Waals surface area contributed by atoms with E-state index < -0.39 is 0 Å². The third kappa shape index (κ3) is 6.14. The lowest BCUT2D eigenvalue weighted by Crippen LogP contribution is -2.15. The summed E-state index contributed by atoms with van der Waals surface area (Å²) >= 11 is 0. The summed E-state index contributed by atoms with van der Waals surface area (Å²) in [5.41, 5.74) is 3.68. The standard InChI is InChI=1S/C23H35N7O2/c1-7-31-13-11-30-21-20(18(28-30)9-12-32-15-16(2)3)26-23(29(5)6)27-22(21)25-19-14-17(4)8-10-24-19/h8,10,14,16H,7,9,11-13,15H2,1-6H3,(H,24,25,26,27). The SMILES string of the molecule is CCOCCn1nc(CCOCC(C)C)c2nc(N(C)C)nc(Nc3cc(C)ccn3)c21. The van der Waals surface area contributed by atoms with E-state index in [-0.39, 0.29) is 0 Å². The number of hydrogen-bond acceptors (Lipinski definition) is 8. The largest absolute Gasteiger partial charge is 0.381 e. The van der Waals surface area contributed by atoms with Gasteiger partial charge in [0.05, 0.1) is 25.5 Å². The second-order valence-corrected chi connectivity index (χ2v) is 8.39. The van der Waals surface area contributed by atoms with E-state index in [1.165, 1.54) is 0 Å². The van der Waals surface area contributed by atoms with Crippen molar-refractivity contribution in [3.63, 3.8) is 0 Å². The monoisotopic (exact) mass is 441 g/mol. The van der Waals surface area contributed by atoms with Crippen LogP contribution >= 0.6 is 0 Å². The van der Waals surface area contributed by atoms with Gasteiger partial charge in [0.15, 0.2) is 5.82 Å². The number of hydrogen-bond donors (Lipinski definition) is 1. The van der Waals surface area contributed by atoms with E-state index in [4.69, 9.17) is 24.5 Å². The van der Waals surface area contributed by atoms with Crippen LogP contribution in [0.5, 0.6) is 0 Å². The quantitative estimate of drug-likeness (QED) is 0.427. The molecule has 0 aliphatic rings. The van der Waals surface area contributed by atoms with Gasteiger partial charge in [-0.25, -0.2) is 9.97 Å². The number of fused-ring (bicyclic) bond motifs is 1. The fourth-order valence-electron chi connectivity index (χ4n) is 3.26. The maximum Gasteiger partial charge on any atom is 0.227 e. The van der Waals surface area contributed by atoms with E-state index in [9.17, 15) is 0 Å². The van der Waals surface area contributed by atoms with Crippen LogP contribution in [0.2, 0.25) is 0 Å². The molecule has 3 rings (SSSR count). The van der Waals surface area contributed by atoms with E-state index in [0.717, 1.165) is 34.7 Å². The van der Waals surface area contributed by atoms with E-state index in [1.54, 1.807) is 6.20 Å². The molecular weight excluding hydrogens is 406 g/mol. The van der Waals surface area contributed by atoms with Crippen LogP contribution < -0.4 is 10.2 Å². The van der Waals surface area contributed by atoms with Crippen LogP contribution in [0.4, 0.5) is 17.6 Å². The highest BCUT2D eigenvalue weighted by molar-refractivity contribution is 5.90. The van der Waals surface area contributed by atoms with Gasteiger partial charge in [-0.15, -0.1) is 0 Å². The Hall–Kier alpha value is -2.78. The van der Waals surface area contributed by atoms with Crippen molar-refractivity contribution in [3.8, 4) is 0 Å². The van der Waals surface area contributed by atoms with Crippen molar-refractivity contribution in [2.24, 2.45) is 5.92 Å². The van der Waals surface area contributed by atoms with E-state index >= 15 is 0 Å². The van der Waals surface area contributed by atoms with Crippen LogP contribution in [0, 0.1) is 12.8 Å². The molecule has 0 fully saturated rings. The van der Waals surface area contributed by atoms with Gasteiger partial charge >= 0.3 is 0 Å². The molecule has 1 N–H and O–H groups in total. The molecule has 0 aliphatic carbocycles. The Balaban J connectivity index is 2.03. The number of pyridine rings is 1. The highest BCUT2D eigenvalue weighted by atomic mass is 16.5. The smallest absolute Gasteiger partial charge is 0.227 e. The Labute approximate surface area is 190 Å². The van der Waals surface area contributed by atoms with Crippen molar-refractivity contribution in [3.05, 3.63) is 29.6 Å². The molecule has 32 heavy (non-hydrogen) atoms. The number of nitrogens with zero attached hydrogens (tertiary/aromatic N) is 6. The number of anilines is 3. The van der Waals surface area contributed by atoms with Gasteiger partial charge in [-0.05, 0) is 37.5 Å². The first-order valence-electron chi connectivity index (χ1n) is 11.2. The summed E-state index contributed by atoms with van der Waals surface area (Å²) in [5, 5.41) is 8.26. The molecule has 0 atom stereocenters. The van der Waals surface area contributed by atoms with Crippen molar-refractivity contribution in [1.29, 1.82) is 0 Å². The summed E-state index contributed by atoms with van der Waals surface area (Å²) in [6.07, 6.45) is 2.46. The summed E-state index contributed by atoms with van der Waals surface area (Å²) in [6, 6.07) is 3.96. The Morgan fingerprint density at radius 1 is 1.16 bits per heavy atom. The molecule has 9 heteroatoms. The third-order valence-electron chi connectivity index (χ3n) is 4.79. The molecule has 0 unspecified atom stereocenters. The molecule has 0 radical (unpaired) electrons. The molecule has 3 aromatic heterocycles. The fourth-order valence-corrected chi connectivity index (χ4v) is 3.26. The summed E-state index contributed by atoms with van der Waals surface area (Å²) in [7, 11) is 3.86. The molecule has 0 aromatic carbocycles. The number of ether oxygens (including phenoxy) is 2. The van der Waals surface area contributed by atoms with Crippen LogP contribution in [0.15, 0.2) is 18.3 Å². The van der Waals surface area contributed by atoms with E-state index in [2.05, 4.69) is 24.1 Å². The van der Waals surface area contributed by atoms with Gasteiger partial charge in [-0.1, -0.05) is 13.8 Å². The molecule has 0 amide bonds. The van der Waals surface area contributed by atoms with E-state index in [1.807, 2.05) is 49.7 Å². The lowest BCUT2D eigenvalue weighted by Gasteiger charge is -2.14. The summed E-state index contributed by atoms with van der Waals surface area (Å²) in [6.45, 7) is 11.5. The van der Waals surface area contributed by atoms with Crippen LogP contribution in [0.3, 0.4) is 0 Å². The normalized spacial score (nSPS) is 11.5. The Kier molecular flexibility index (Phi) is 8.35. The summed E-state index contributed by atoms with van der Waals surface area (Å²) in [5.74, 6) is 2.52. The van der Waals surface area contributed by atoms with Gasteiger partial charge in [0.25, 0.3) is 0 Å². The van der Waals surface area contributed by atoms with Gasteiger partial charge in [0, 0.05) is 39.9 Å². The molecule has 0 aliphatic heterocycles. The molecule has 174 valence electrons. The van der Waals surface area contributed by atoms with Crippen molar-refractivity contribution < 1.29 is 9.47 Å². The number of rotatable bonds is 12. The van der Waals surface area contributed by atoms with Gasteiger partial charge in [0.2, 0.25) is 5.95 Å². The van der Waals surface area contributed by atoms with Gasteiger partial charge < -0.3 is 19.7 Å². The molecular formula is C23H35N7O2. The molecule has 3 heterocycles. The van der Waals surface area contributed by atoms with Crippen molar-refractivity contribution >= 4 is 28.6 Å². The second kappa shape index (κ2) is 11.2. The van der Waals surface area contributed by atoms with Gasteiger partial charge in [0.1, 0.15) is 16.9 Å². The minimum absolute atomic E-state index is 0.496. The molecule has 0 saturated carbocycles. The second-order valence-electron chi connectivity index (χ2n) is 8.39. The highest BCUT2D eigenvalue weighted by Gasteiger charge is 2.20. The fraction of sp³-hybridized carbons (Fsp3) is 0.565. The number of aryl methyl sites for hydroxylation is 1. The summed E-state index contributed by atoms with van der Waals surface area (Å²) < 4.78 is 13.3. The zero-order valence-corrected chi connectivity index (χ0v) is 20.1. The van der Waals surface area contributed by atoms with Gasteiger partial charge in [-0.2, -0.15) is 10.1 Å². The van der Waals surface area contributed by atoms with Crippen LogP contribution in [0.1, 0.15) is 32.0 Å². The maximum absolute atomic E-state index is 5.82. The molecule has 0 spiro atoms. The van der Waals surface area contributed by atoms with Crippen LogP contribution in [-0.2, 0) is 22.4 Å². The van der Waals surface area contributed by atoms with Crippen molar-refractivity contribution in [1.82, 2.24) is 24.7 Å². The average Bonchev–Trinajstić information content (AvgIpc) is 3.09. The third-order valence-corrected chi connectivity index (χ3v) is 4.79. The minimum Gasteiger partial charge on any atom is -0.381 e. The van der Waals surface area contributed by atoms with Crippen LogP contribution in [-0.4, -0.2) is 65.3 Å². The zero-order chi connectivity index (χ0) is 23.1. The zero-order valence-electron chi connectivity index (χ0n) is 20.1. The first kappa shape index (κ1) is 23.9. The average molecular weight is 442 g/mol. The van der Waals surface area contributed by atoms with E-state index in [0.29, 0.717) is 50.5 Å². The van der Waals surface area contributed by atoms with Crippen molar-refractivity contribution in [2.75, 3.05) is 50.7 Å². The highest BCUT2D eigenvalue weighted by Crippen LogP contribution is 2.28. The maximum atomic E-state index is 5.82.